The molecule has 0 aromatic carbocycles. The van der Waals surface area contributed by atoms with E-state index in [4.69, 9.17) is 0 Å². The van der Waals surface area contributed by atoms with E-state index in [9.17, 15) is 20.0 Å². The van der Waals surface area contributed by atoms with Gasteiger partial charge in [0.15, 0.2) is 0 Å². The van der Waals surface area contributed by atoms with Gasteiger partial charge in [-0.05, 0) is 16.0 Å². The standard InChI is InChI=1S/C8H8N2O5/c1-15-6(11)4-5-2-3-9-8(7(5)12)10(13)14/h2-3,12H,4H2,1H3. The molecule has 0 unspecified atom stereocenters. The summed E-state index contributed by atoms with van der Waals surface area (Å²) in [5.41, 5.74) is 0.114. The smallest absolute Gasteiger partial charge is 0.406 e. The molecule has 0 spiro atoms. The van der Waals surface area contributed by atoms with Gasteiger partial charge in [-0.2, -0.15) is 0 Å². The van der Waals surface area contributed by atoms with Crippen molar-refractivity contribution in [2.45, 2.75) is 6.42 Å². The van der Waals surface area contributed by atoms with Gasteiger partial charge in [-0.3, -0.25) is 4.79 Å². The molecule has 7 nitrogen and oxygen atoms in total. The monoisotopic (exact) mass is 212 g/mol. The molecule has 0 aliphatic carbocycles. The van der Waals surface area contributed by atoms with Crippen molar-refractivity contribution in [3.63, 3.8) is 0 Å². The Morgan fingerprint density at radius 2 is 2.40 bits per heavy atom. The van der Waals surface area contributed by atoms with Crippen molar-refractivity contribution in [3.05, 3.63) is 27.9 Å². The molecule has 1 N–H and O–H groups in total. The lowest BCUT2D eigenvalue weighted by molar-refractivity contribution is -0.390. The second-order valence-corrected chi connectivity index (χ2v) is 2.65. The van der Waals surface area contributed by atoms with E-state index < -0.39 is 22.5 Å². The maximum Gasteiger partial charge on any atom is 0.406 e. The lowest BCUT2D eigenvalue weighted by atomic mass is 10.2. The zero-order valence-corrected chi connectivity index (χ0v) is 7.84. The maximum absolute atomic E-state index is 10.9. The fraction of sp³-hybridized carbons (Fsp3) is 0.250. The minimum atomic E-state index is -0.823. The number of aromatic hydroxyl groups is 1. The number of hydrogen-bond donors (Lipinski definition) is 1. The zero-order valence-electron chi connectivity index (χ0n) is 7.84. The number of hydrogen-bond acceptors (Lipinski definition) is 6. The van der Waals surface area contributed by atoms with Crippen LogP contribution in [-0.2, 0) is 16.0 Å². The van der Waals surface area contributed by atoms with E-state index in [0.29, 0.717) is 0 Å². The molecule has 7 heteroatoms. The fourth-order valence-electron chi connectivity index (χ4n) is 0.985. The van der Waals surface area contributed by atoms with Crippen LogP contribution >= 0.6 is 0 Å². The predicted octanol–water partition coefficient (Wildman–Crippen LogP) is 0.411. The minimum absolute atomic E-state index is 0.114. The molecule has 0 atom stereocenters. The topological polar surface area (TPSA) is 103 Å². The van der Waals surface area contributed by atoms with E-state index in [2.05, 4.69) is 9.72 Å². The Hall–Kier alpha value is -2.18. The first-order valence-corrected chi connectivity index (χ1v) is 3.94. The number of nitro groups is 1. The highest BCUT2D eigenvalue weighted by atomic mass is 16.6. The molecule has 1 aromatic rings. The van der Waals surface area contributed by atoms with Gasteiger partial charge in [0.1, 0.15) is 6.20 Å². The Morgan fingerprint density at radius 3 is 2.93 bits per heavy atom. The normalized spacial score (nSPS) is 9.67. The largest absolute Gasteiger partial charge is 0.501 e. The molecule has 0 saturated heterocycles. The molecule has 1 heterocycles. The Bertz CT molecular complexity index is 404. The van der Waals surface area contributed by atoms with Crippen LogP contribution in [0.3, 0.4) is 0 Å². The third kappa shape index (κ3) is 2.39. The number of esters is 1. The van der Waals surface area contributed by atoms with Crippen LogP contribution in [0.2, 0.25) is 0 Å². The van der Waals surface area contributed by atoms with E-state index in [0.717, 1.165) is 6.20 Å². The summed E-state index contributed by atoms with van der Waals surface area (Å²) in [7, 11) is 1.19. The van der Waals surface area contributed by atoms with Crippen LogP contribution in [0, 0.1) is 10.1 Å². The van der Waals surface area contributed by atoms with Gasteiger partial charge in [0.05, 0.1) is 13.5 Å². The van der Waals surface area contributed by atoms with Gasteiger partial charge in [-0.1, -0.05) is 0 Å². The van der Waals surface area contributed by atoms with Gasteiger partial charge in [-0.15, -0.1) is 0 Å². The second-order valence-electron chi connectivity index (χ2n) is 2.65. The Labute approximate surface area is 84.5 Å². The third-order valence-corrected chi connectivity index (χ3v) is 1.72. The molecule has 0 aliphatic heterocycles. The number of aromatic nitrogens is 1. The summed E-state index contributed by atoms with van der Waals surface area (Å²) in [6.07, 6.45) is 0.918. The van der Waals surface area contributed by atoms with E-state index in [1.54, 1.807) is 0 Å². The van der Waals surface area contributed by atoms with Gasteiger partial charge in [-0.25, -0.2) is 0 Å². The van der Waals surface area contributed by atoms with Crippen LogP contribution < -0.4 is 0 Å². The highest BCUT2D eigenvalue weighted by Gasteiger charge is 2.19. The van der Waals surface area contributed by atoms with Crippen molar-refractivity contribution in [1.29, 1.82) is 0 Å². The highest BCUT2D eigenvalue weighted by molar-refractivity contribution is 5.73. The molecular formula is C8H8N2O5. The number of carbonyl (C=O) groups excluding carboxylic acids is 1. The fourth-order valence-corrected chi connectivity index (χ4v) is 0.985. The van der Waals surface area contributed by atoms with Crippen molar-refractivity contribution < 1.29 is 19.6 Å². The first kappa shape index (κ1) is 10.9. The summed E-state index contributed by atoms with van der Waals surface area (Å²) in [6.45, 7) is 0. The maximum atomic E-state index is 10.9. The molecule has 0 saturated carbocycles. The number of ether oxygens (including phenoxy) is 1. The van der Waals surface area contributed by atoms with Crippen LogP contribution in [0.1, 0.15) is 5.56 Å². The number of methoxy groups -OCH3 is 1. The summed E-state index contributed by atoms with van der Waals surface area (Å²) in [5, 5.41) is 19.8. The minimum Gasteiger partial charge on any atom is -0.501 e. The van der Waals surface area contributed by atoms with Gasteiger partial charge in [0.2, 0.25) is 5.75 Å². The van der Waals surface area contributed by atoms with Crippen molar-refractivity contribution in [1.82, 2.24) is 4.98 Å². The molecule has 15 heavy (non-hydrogen) atoms. The molecule has 1 aromatic heterocycles. The Morgan fingerprint density at radius 1 is 1.73 bits per heavy atom. The lowest BCUT2D eigenvalue weighted by Gasteiger charge is -2.02. The van der Waals surface area contributed by atoms with Gasteiger partial charge in [0, 0.05) is 5.56 Å². The number of rotatable bonds is 3. The van der Waals surface area contributed by atoms with E-state index >= 15 is 0 Å². The molecule has 0 fully saturated rings. The zero-order chi connectivity index (χ0) is 11.4. The van der Waals surface area contributed by atoms with Gasteiger partial charge < -0.3 is 20.0 Å². The van der Waals surface area contributed by atoms with Gasteiger partial charge >= 0.3 is 11.8 Å². The Balaban J connectivity index is 3.04. The number of nitrogens with zero attached hydrogens (tertiary/aromatic N) is 2. The summed E-state index contributed by atoms with van der Waals surface area (Å²) >= 11 is 0. The molecule has 0 radical (unpaired) electrons. The average molecular weight is 212 g/mol. The molecule has 0 aliphatic rings. The average Bonchev–Trinajstić information content (AvgIpc) is 2.20. The van der Waals surface area contributed by atoms with E-state index in [-0.39, 0.29) is 12.0 Å². The molecule has 1 rings (SSSR count). The summed E-state index contributed by atoms with van der Waals surface area (Å²) in [4.78, 5) is 23.8. The van der Waals surface area contributed by atoms with Crippen LogP contribution in [-0.4, -0.2) is 28.1 Å². The quantitative estimate of drug-likeness (QED) is 0.442. The lowest BCUT2D eigenvalue weighted by Crippen LogP contribution is -2.05. The van der Waals surface area contributed by atoms with Crippen molar-refractivity contribution in [2.75, 3.05) is 7.11 Å². The molecule has 0 amide bonds. The Kier molecular flexibility index (Phi) is 3.17. The molecular weight excluding hydrogens is 204 g/mol. The van der Waals surface area contributed by atoms with E-state index in [1.807, 2.05) is 0 Å². The van der Waals surface area contributed by atoms with Crippen molar-refractivity contribution >= 4 is 11.8 Å². The van der Waals surface area contributed by atoms with Crippen LogP contribution in [0.5, 0.6) is 5.75 Å². The van der Waals surface area contributed by atoms with E-state index in [1.165, 1.54) is 13.2 Å². The number of pyridine rings is 1. The molecule has 80 valence electrons. The first-order valence-electron chi connectivity index (χ1n) is 3.94. The second kappa shape index (κ2) is 4.36. The summed E-state index contributed by atoms with van der Waals surface area (Å²) in [5.74, 6) is -1.87. The summed E-state index contributed by atoms with van der Waals surface area (Å²) in [6, 6.07) is 1.32. The van der Waals surface area contributed by atoms with Crippen LogP contribution in [0.15, 0.2) is 12.3 Å². The molecule has 0 bridgehead atoms. The SMILES string of the molecule is COC(=O)Cc1ccnc([N+](=O)[O-])c1O. The van der Waals surface area contributed by atoms with Crippen molar-refractivity contribution in [2.24, 2.45) is 0 Å². The van der Waals surface area contributed by atoms with Crippen molar-refractivity contribution in [3.8, 4) is 5.75 Å². The van der Waals surface area contributed by atoms with Crippen LogP contribution in [0.25, 0.3) is 0 Å². The third-order valence-electron chi connectivity index (χ3n) is 1.72. The highest BCUT2D eigenvalue weighted by Crippen LogP contribution is 2.26. The first-order chi connectivity index (χ1) is 7.06. The number of carbonyl (C=O) groups is 1. The summed E-state index contributed by atoms with van der Waals surface area (Å²) < 4.78 is 4.37. The van der Waals surface area contributed by atoms with Crippen LogP contribution in [0.4, 0.5) is 5.82 Å². The predicted molar refractivity (Wildman–Crippen MR) is 48.3 cm³/mol. The van der Waals surface area contributed by atoms with Gasteiger partial charge in [0.25, 0.3) is 0 Å².